The molecule has 2 aliphatic heterocycles. The predicted molar refractivity (Wildman–Crippen MR) is 138 cm³/mol. The first-order valence-electron chi connectivity index (χ1n) is 12.2. The molecule has 11 heteroatoms. The summed E-state index contributed by atoms with van der Waals surface area (Å²) >= 11 is 1.48. The summed E-state index contributed by atoms with van der Waals surface area (Å²) in [7, 11) is 0. The van der Waals surface area contributed by atoms with Gasteiger partial charge in [0.2, 0.25) is 0 Å². The van der Waals surface area contributed by atoms with Gasteiger partial charge >= 0.3 is 6.09 Å². The third-order valence-electron chi connectivity index (χ3n) is 6.51. The Bertz CT molecular complexity index is 1530. The van der Waals surface area contributed by atoms with Crippen LogP contribution in [0.2, 0.25) is 0 Å². The third-order valence-corrected chi connectivity index (χ3v) is 7.49. The average Bonchev–Trinajstić information content (AvgIpc) is 3.39. The second kappa shape index (κ2) is 9.91. The normalized spacial score (nSPS) is 17.4. The quantitative estimate of drug-likeness (QED) is 0.414. The first-order valence-corrected chi connectivity index (χ1v) is 13.0. The summed E-state index contributed by atoms with van der Waals surface area (Å²) in [6.45, 7) is 1.65. The standard InChI is InChI=1S/C26H25N5O5S/c32-25-21-6-4-19(37-20-5-7-23-22(14-20)29(26(33)34)10-12-35-23)13-17(21)15-27-31(25)16-18-8-9-30(28-18)24-3-1-2-11-36-24/h4-9,13-15,24H,1-3,10-12,16H2,(H,33,34). The number of amides is 1. The molecule has 4 heterocycles. The molecule has 2 aliphatic rings. The third kappa shape index (κ3) is 4.79. The van der Waals surface area contributed by atoms with Gasteiger partial charge in [-0.2, -0.15) is 10.2 Å². The molecule has 0 bridgehead atoms. The molecule has 2 aromatic heterocycles. The van der Waals surface area contributed by atoms with Crippen molar-refractivity contribution in [3.05, 3.63) is 70.9 Å². The fourth-order valence-corrected chi connectivity index (χ4v) is 5.55. The number of rotatable bonds is 5. The predicted octanol–water partition coefficient (Wildman–Crippen LogP) is 4.37. The Kier molecular flexibility index (Phi) is 6.31. The van der Waals surface area contributed by atoms with Crippen LogP contribution in [0.4, 0.5) is 10.5 Å². The number of nitrogens with zero attached hydrogens (tertiary/aromatic N) is 5. The minimum atomic E-state index is -1.01. The van der Waals surface area contributed by atoms with E-state index >= 15 is 0 Å². The second-order valence-electron chi connectivity index (χ2n) is 8.98. The SMILES string of the molecule is O=C(O)N1CCOc2ccc(Sc3ccc4c(=O)n(Cc5ccn(C6CCCCO6)n5)ncc4c3)cc21. The molecule has 2 aromatic carbocycles. The van der Waals surface area contributed by atoms with Crippen LogP contribution in [-0.2, 0) is 11.3 Å². The number of hydrogen-bond acceptors (Lipinski definition) is 7. The van der Waals surface area contributed by atoms with E-state index in [0.717, 1.165) is 46.7 Å². The van der Waals surface area contributed by atoms with Crippen molar-refractivity contribution in [3.8, 4) is 5.75 Å². The Labute approximate surface area is 216 Å². The van der Waals surface area contributed by atoms with Crippen LogP contribution in [-0.4, -0.2) is 50.5 Å². The van der Waals surface area contributed by atoms with Gasteiger partial charge in [0, 0.05) is 28.0 Å². The molecule has 1 N–H and O–H groups in total. The number of anilines is 1. The van der Waals surface area contributed by atoms with Crippen molar-refractivity contribution < 1.29 is 19.4 Å². The van der Waals surface area contributed by atoms with Crippen molar-refractivity contribution >= 4 is 34.3 Å². The van der Waals surface area contributed by atoms with Gasteiger partial charge in [-0.25, -0.2) is 14.2 Å². The molecule has 0 radical (unpaired) electrons. The summed E-state index contributed by atoms with van der Waals surface area (Å²) in [5, 5.41) is 19.8. The Balaban J connectivity index is 1.21. The van der Waals surface area contributed by atoms with Gasteiger partial charge in [-0.1, -0.05) is 11.8 Å². The van der Waals surface area contributed by atoms with Gasteiger partial charge < -0.3 is 14.6 Å². The maximum Gasteiger partial charge on any atom is 0.412 e. The fraction of sp³-hybridized carbons (Fsp3) is 0.308. The number of ether oxygens (including phenoxy) is 2. The zero-order valence-corrected chi connectivity index (χ0v) is 20.8. The lowest BCUT2D eigenvalue weighted by Crippen LogP contribution is -2.36. The van der Waals surface area contributed by atoms with E-state index in [1.807, 2.05) is 41.2 Å². The molecule has 190 valence electrons. The van der Waals surface area contributed by atoms with E-state index in [2.05, 4.69) is 10.2 Å². The lowest BCUT2D eigenvalue weighted by Gasteiger charge is -2.27. The van der Waals surface area contributed by atoms with Crippen LogP contribution >= 0.6 is 11.8 Å². The van der Waals surface area contributed by atoms with Gasteiger partial charge in [-0.3, -0.25) is 9.69 Å². The average molecular weight is 520 g/mol. The first kappa shape index (κ1) is 23.6. The van der Waals surface area contributed by atoms with Gasteiger partial charge in [0.05, 0.1) is 36.1 Å². The van der Waals surface area contributed by atoms with Gasteiger partial charge in [0.25, 0.3) is 5.56 Å². The Morgan fingerprint density at radius 2 is 1.97 bits per heavy atom. The number of benzene rings is 2. The van der Waals surface area contributed by atoms with Crippen molar-refractivity contribution in [3.63, 3.8) is 0 Å². The highest BCUT2D eigenvalue weighted by molar-refractivity contribution is 7.99. The highest BCUT2D eigenvalue weighted by Crippen LogP contribution is 2.38. The molecule has 4 aromatic rings. The monoisotopic (exact) mass is 519 g/mol. The maximum absolute atomic E-state index is 13.1. The van der Waals surface area contributed by atoms with Crippen molar-refractivity contribution in [2.45, 2.75) is 41.8 Å². The molecular weight excluding hydrogens is 494 g/mol. The molecule has 1 saturated heterocycles. The Morgan fingerprint density at radius 1 is 1.11 bits per heavy atom. The smallest absolute Gasteiger partial charge is 0.412 e. The van der Waals surface area contributed by atoms with E-state index in [-0.39, 0.29) is 18.3 Å². The molecule has 0 aliphatic carbocycles. The molecule has 0 spiro atoms. The number of carbonyl (C=O) groups is 1. The van der Waals surface area contributed by atoms with Crippen LogP contribution in [0.15, 0.2) is 69.4 Å². The molecule has 10 nitrogen and oxygen atoms in total. The number of fused-ring (bicyclic) bond motifs is 2. The van der Waals surface area contributed by atoms with Crippen molar-refractivity contribution in [2.75, 3.05) is 24.7 Å². The van der Waals surface area contributed by atoms with Crippen molar-refractivity contribution in [2.24, 2.45) is 0 Å². The molecule has 1 unspecified atom stereocenters. The van der Waals surface area contributed by atoms with E-state index in [1.165, 1.54) is 21.3 Å². The summed E-state index contributed by atoms with van der Waals surface area (Å²) in [5.74, 6) is 0.553. The maximum atomic E-state index is 13.1. The topological polar surface area (TPSA) is 112 Å². The lowest BCUT2D eigenvalue weighted by molar-refractivity contribution is -0.0397. The van der Waals surface area contributed by atoms with Crippen molar-refractivity contribution in [1.82, 2.24) is 19.6 Å². The second-order valence-corrected chi connectivity index (χ2v) is 10.1. The summed E-state index contributed by atoms with van der Waals surface area (Å²) in [5.41, 5.74) is 1.11. The number of carboxylic acid groups (broad SMARTS) is 1. The van der Waals surface area contributed by atoms with E-state index < -0.39 is 6.09 Å². The zero-order chi connectivity index (χ0) is 25.4. The molecule has 1 amide bonds. The summed E-state index contributed by atoms with van der Waals surface area (Å²) in [4.78, 5) is 27.8. The molecule has 1 fully saturated rings. The van der Waals surface area contributed by atoms with Crippen LogP contribution < -0.4 is 15.2 Å². The van der Waals surface area contributed by atoms with Crippen LogP contribution in [0.3, 0.4) is 0 Å². The largest absolute Gasteiger partial charge is 0.490 e. The van der Waals surface area contributed by atoms with E-state index in [1.54, 1.807) is 18.3 Å². The van der Waals surface area contributed by atoms with E-state index in [9.17, 15) is 14.7 Å². The van der Waals surface area contributed by atoms with Gasteiger partial charge in [0.15, 0.2) is 0 Å². The zero-order valence-electron chi connectivity index (χ0n) is 19.9. The number of aromatic nitrogens is 4. The Hall–Kier alpha value is -3.83. The summed E-state index contributed by atoms with van der Waals surface area (Å²) in [6.07, 6.45) is 5.66. The molecular formula is C26H25N5O5S. The van der Waals surface area contributed by atoms with Gasteiger partial charge in [-0.05, 0) is 61.7 Å². The highest BCUT2D eigenvalue weighted by Gasteiger charge is 2.23. The van der Waals surface area contributed by atoms with E-state index in [0.29, 0.717) is 30.0 Å². The molecule has 0 saturated carbocycles. The van der Waals surface area contributed by atoms with E-state index in [4.69, 9.17) is 9.47 Å². The molecule has 1 atom stereocenters. The van der Waals surface area contributed by atoms with Crippen LogP contribution in [0.5, 0.6) is 5.75 Å². The van der Waals surface area contributed by atoms with Gasteiger partial charge in [-0.15, -0.1) is 0 Å². The summed E-state index contributed by atoms with van der Waals surface area (Å²) in [6, 6.07) is 13.0. The first-order chi connectivity index (χ1) is 18.0. The van der Waals surface area contributed by atoms with Crippen LogP contribution in [0.25, 0.3) is 10.8 Å². The van der Waals surface area contributed by atoms with Crippen LogP contribution in [0, 0.1) is 0 Å². The fourth-order valence-electron chi connectivity index (χ4n) is 4.65. The minimum Gasteiger partial charge on any atom is -0.490 e. The molecule has 6 rings (SSSR count). The number of hydrogen-bond donors (Lipinski definition) is 1. The lowest BCUT2D eigenvalue weighted by atomic mass is 10.2. The molecule has 37 heavy (non-hydrogen) atoms. The van der Waals surface area contributed by atoms with Gasteiger partial charge in [0.1, 0.15) is 18.6 Å². The summed E-state index contributed by atoms with van der Waals surface area (Å²) < 4.78 is 14.6. The minimum absolute atomic E-state index is 0.0467. The highest BCUT2D eigenvalue weighted by atomic mass is 32.2. The van der Waals surface area contributed by atoms with Crippen LogP contribution in [0.1, 0.15) is 31.2 Å². The van der Waals surface area contributed by atoms with Crippen molar-refractivity contribution in [1.29, 1.82) is 0 Å². The Morgan fingerprint density at radius 3 is 2.81 bits per heavy atom.